The van der Waals surface area contributed by atoms with Crippen LogP contribution in [0.2, 0.25) is 15.1 Å². The molecule has 0 unspecified atom stereocenters. The number of carbonyl (C=O) groups is 2. The van der Waals surface area contributed by atoms with Crippen molar-refractivity contribution in [1.29, 1.82) is 0 Å². The van der Waals surface area contributed by atoms with Crippen LogP contribution in [0.3, 0.4) is 0 Å². The van der Waals surface area contributed by atoms with Gasteiger partial charge >= 0.3 is 5.97 Å². The molecule has 1 amide bonds. The van der Waals surface area contributed by atoms with Crippen LogP contribution in [0.4, 0.5) is 5.69 Å². The molecule has 0 saturated carbocycles. The van der Waals surface area contributed by atoms with Crippen molar-refractivity contribution in [3.8, 4) is 0 Å². The van der Waals surface area contributed by atoms with Gasteiger partial charge in [-0.2, -0.15) is 0 Å². The molecule has 10 heteroatoms. The van der Waals surface area contributed by atoms with E-state index in [-0.39, 0.29) is 37.0 Å². The lowest BCUT2D eigenvalue weighted by Crippen LogP contribution is -2.34. The Kier molecular flexibility index (Phi) is 6.86. The van der Waals surface area contributed by atoms with E-state index in [0.29, 0.717) is 0 Å². The normalized spacial score (nSPS) is 10.2. The van der Waals surface area contributed by atoms with Gasteiger partial charge in [-0.3, -0.25) is 10.1 Å². The fourth-order valence-electron chi connectivity index (χ4n) is 1.80. The molecule has 2 aromatic rings. The summed E-state index contributed by atoms with van der Waals surface area (Å²) in [5, 5.41) is 14.6. The zero-order valence-corrected chi connectivity index (χ0v) is 17.3. The molecule has 0 atom stereocenters. The summed E-state index contributed by atoms with van der Waals surface area (Å²) in [5.74, 6) is -1.73. The predicted molar refractivity (Wildman–Crippen MR) is 111 cm³/mol. The minimum absolute atomic E-state index is 0.0105. The number of hydrogen-bond donors (Lipinski definition) is 3. The van der Waals surface area contributed by atoms with Gasteiger partial charge in [-0.15, -0.1) is 0 Å². The van der Waals surface area contributed by atoms with E-state index in [9.17, 15) is 9.59 Å². The zero-order chi connectivity index (χ0) is 18.7. The Morgan fingerprint density at radius 3 is 2.32 bits per heavy atom. The van der Waals surface area contributed by atoms with Crippen molar-refractivity contribution < 1.29 is 14.7 Å². The lowest BCUT2D eigenvalue weighted by molar-refractivity contribution is 0.0697. The summed E-state index contributed by atoms with van der Waals surface area (Å²) in [5.41, 5.74) is 0.303. The van der Waals surface area contributed by atoms with E-state index < -0.39 is 11.9 Å². The number of thiocarbonyl (C=S) groups is 1. The van der Waals surface area contributed by atoms with Crippen molar-refractivity contribution in [2.75, 3.05) is 5.32 Å². The number of aromatic carboxylic acids is 1. The van der Waals surface area contributed by atoms with Crippen LogP contribution in [-0.4, -0.2) is 22.1 Å². The number of amides is 1. The van der Waals surface area contributed by atoms with Crippen LogP contribution in [0.1, 0.15) is 20.7 Å². The minimum Gasteiger partial charge on any atom is -0.478 e. The highest BCUT2D eigenvalue weighted by Crippen LogP contribution is 2.29. The van der Waals surface area contributed by atoms with Gasteiger partial charge < -0.3 is 10.4 Å². The molecule has 5 nitrogen and oxygen atoms in total. The van der Waals surface area contributed by atoms with E-state index in [4.69, 9.17) is 52.1 Å². The van der Waals surface area contributed by atoms with E-state index in [1.807, 2.05) is 0 Å². The molecule has 3 N–H and O–H groups in total. The maximum absolute atomic E-state index is 12.3. The monoisotopic (exact) mass is 528 g/mol. The van der Waals surface area contributed by atoms with Crippen LogP contribution in [0.25, 0.3) is 0 Å². The average Bonchev–Trinajstić information content (AvgIpc) is 2.51. The topological polar surface area (TPSA) is 78.4 Å². The van der Waals surface area contributed by atoms with Crippen molar-refractivity contribution in [2.45, 2.75) is 0 Å². The van der Waals surface area contributed by atoms with Crippen LogP contribution in [-0.2, 0) is 0 Å². The highest BCUT2D eigenvalue weighted by molar-refractivity contribution is 14.1. The van der Waals surface area contributed by atoms with Gasteiger partial charge in [0, 0.05) is 3.57 Å². The largest absolute Gasteiger partial charge is 0.478 e. The molecular weight excluding hydrogens is 522 g/mol. The summed E-state index contributed by atoms with van der Waals surface area (Å²) in [7, 11) is 0. The summed E-state index contributed by atoms with van der Waals surface area (Å²) in [4.78, 5) is 23.4. The van der Waals surface area contributed by atoms with Gasteiger partial charge in [-0.1, -0.05) is 34.8 Å². The lowest BCUT2D eigenvalue weighted by Gasteiger charge is -2.13. The van der Waals surface area contributed by atoms with Crippen LogP contribution in [0.5, 0.6) is 0 Å². The molecule has 25 heavy (non-hydrogen) atoms. The quantitative estimate of drug-likeness (QED) is 0.382. The highest BCUT2D eigenvalue weighted by Gasteiger charge is 2.16. The molecule has 0 heterocycles. The molecule has 2 aromatic carbocycles. The van der Waals surface area contributed by atoms with Crippen LogP contribution in [0, 0.1) is 3.57 Å². The Morgan fingerprint density at radius 2 is 1.68 bits per heavy atom. The summed E-state index contributed by atoms with van der Waals surface area (Å²) in [6.45, 7) is 0. The summed E-state index contributed by atoms with van der Waals surface area (Å²) < 4.78 is 0.831. The Morgan fingerprint density at radius 1 is 1.00 bits per heavy atom. The molecule has 130 valence electrons. The number of halogens is 4. The standard InChI is InChI=1S/C15H8Cl3IN2O3S/c16-9-2-1-6(19)3-7(9)13(22)21-15(25)20-12-4-8(14(23)24)10(17)5-11(12)18/h1-5H,(H,23,24)(H2,20,21,22,25). The van der Waals surface area contributed by atoms with E-state index in [2.05, 4.69) is 33.2 Å². The average molecular weight is 530 g/mol. The molecule has 0 bridgehead atoms. The first-order valence-electron chi connectivity index (χ1n) is 6.48. The molecule has 0 aliphatic carbocycles. The number of rotatable bonds is 3. The second kappa shape index (κ2) is 8.50. The number of hydrogen-bond acceptors (Lipinski definition) is 3. The third kappa shape index (κ3) is 5.18. The molecule has 0 aromatic heterocycles. The molecule has 2 rings (SSSR count). The Bertz CT molecular complexity index is 893. The van der Waals surface area contributed by atoms with Gasteiger partial charge in [-0.25, -0.2) is 4.79 Å². The van der Waals surface area contributed by atoms with Crippen molar-refractivity contribution in [3.05, 3.63) is 60.1 Å². The Labute approximate surface area is 176 Å². The van der Waals surface area contributed by atoms with Crippen molar-refractivity contribution in [1.82, 2.24) is 5.32 Å². The summed E-state index contributed by atoms with van der Waals surface area (Å²) in [6, 6.07) is 7.47. The third-order valence-electron chi connectivity index (χ3n) is 2.94. The fourth-order valence-corrected chi connectivity index (χ4v) is 3.21. The molecule has 0 radical (unpaired) electrons. The van der Waals surface area contributed by atoms with Gasteiger partial charge in [0.1, 0.15) is 0 Å². The smallest absolute Gasteiger partial charge is 0.337 e. The molecule has 0 aliphatic heterocycles. The fraction of sp³-hybridized carbons (Fsp3) is 0. The number of anilines is 1. The Hall–Kier alpha value is -1.13. The second-order valence-electron chi connectivity index (χ2n) is 4.65. The first-order valence-corrected chi connectivity index (χ1v) is 9.11. The number of carbonyl (C=O) groups excluding carboxylic acids is 1. The number of carboxylic acid groups (broad SMARTS) is 1. The minimum atomic E-state index is -1.22. The SMILES string of the molecule is O=C(O)c1cc(NC(=S)NC(=O)c2cc(I)ccc2Cl)c(Cl)cc1Cl. The van der Waals surface area contributed by atoms with Crippen molar-refractivity contribution in [2.24, 2.45) is 0 Å². The second-order valence-corrected chi connectivity index (χ2v) is 7.52. The molecule has 0 saturated heterocycles. The Balaban J connectivity index is 2.18. The van der Waals surface area contributed by atoms with E-state index in [0.717, 1.165) is 3.57 Å². The van der Waals surface area contributed by atoms with Gasteiger partial charge in [0.05, 0.1) is 31.9 Å². The first-order chi connectivity index (χ1) is 11.7. The predicted octanol–water partition coefficient (Wildman–Crippen LogP) is 5.08. The van der Waals surface area contributed by atoms with E-state index in [1.54, 1.807) is 18.2 Å². The van der Waals surface area contributed by atoms with E-state index >= 15 is 0 Å². The van der Waals surface area contributed by atoms with Gasteiger partial charge in [0.25, 0.3) is 5.91 Å². The lowest BCUT2D eigenvalue weighted by atomic mass is 10.2. The number of nitrogens with one attached hydrogen (secondary N) is 2. The zero-order valence-electron chi connectivity index (χ0n) is 12.1. The molecular formula is C15H8Cl3IN2O3S. The first kappa shape index (κ1) is 20.2. The van der Waals surface area contributed by atoms with Gasteiger partial charge in [0.15, 0.2) is 5.11 Å². The van der Waals surface area contributed by atoms with Crippen LogP contribution >= 0.6 is 69.6 Å². The van der Waals surface area contributed by atoms with Gasteiger partial charge in [0.2, 0.25) is 0 Å². The molecule has 0 aliphatic rings. The van der Waals surface area contributed by atoms with E-state index in [1.165, 1.54) is 12.1 Å². The highest BCUT2D eigenvalue weighted by atomic mass is 127. The molecule has 0 spiro atoms. The van der Waals surface area contributed by atoms with Crippen molar-refractivity contribution in [3.63, 3.8) is 0 Å². The summed E-state index contributed by atoms with van der Waals surface area (Å²) in [6.07, 6.45) is 0. The maximum atomic E-state index is 12.3. The summed E-state index contributed by atoms with van der Waals surface area (Å²) >= 11 is 25.0. The number of carboxylic acids is 1. The van der Waals surface area contributed by atoms with Crippen LogP contribution in [0.15, 0.2) is 30.3 Å². The molecule has 0 fully saturated rings. The third-order valence-corrected chi connectivity index (χ3v) is 4.77. The number of benzene rings is 2. The van der Waals surface area contributed by atoms with Crippen LogP contribution < -0.4 is 10.6 Å². The van der Waals surface area contributed by atoms with Crippen molar-refractivity contribution >= 4 is 92.3 Å². The maximum Gasteiger partial charge on any atom is 0.337 e. The van der Waals surface area contributed by atoms with Gasteiger partial charge in [-0.05, 0) is 65.1 Å².